The summed E-state index contributed by atoms with van der Waals surface area (Å²) in [5.41, 5.74) is 1.14. The van der Waals surface area contributed by atoms with Gasteiger partial charge in [0.05, 0.1) is 6.20 Å². The summed E-state index contributed by atoms with van der Waals surface area (Å²) in [6, 6.07) is 1.30. The molecule has 0 aliphatic heterocycles. The summed E-state index contributed by atoms with van der Waals surface area (Å²) >= 11 is 0. The van der Waals surface area contributed by atoms with Crippen molar-refractivity contribution in [3.8, 4) is 0 Å². The van der Waals surface area contributed by atoms with Crippen molar-refractivity contribution < 1.29 is 5.21 Å². The molecule has 0 amide bonds. The molecule has 0 bridgehead atoms. The van der Waals surface area contributed by atoms with Gasteiger partial charge in [-0.1, -0.05) is 0 Å². The first-order chi connectivity index (χ1) is 5.52. The fourth-order valence-electron chi connectivity index (χ4n) is 1.01. The standard InChI is InChI=1S/C8H10N2O2/c1-5-3-8(11)10(12)4-7(5)6(2)9/h3-4,9,12H,1-2H3. The Bertz CT molecular complexity index is 379. The van der Waals surface area contributed by atoms with E-state index in [4.69, 9.17) is 10.6 Å². The van der Waals surface area contributed by atoms with Crippen LogP contribution in [-0.4, -0.2) is 15.6 Å². The van der Waals surface area contributed by atoms with Gasteiger partial charge in [0.1, 0.15) is 0 Å². The molecule has 4 nitrogen and oxygen atoms in total. The van der Waals surface area contributed by atoms with Crippen molar-refractivity contribution in [2.45, 2.75) is 13.8 Å². The normalized spacial score (nSPS) is 9.83. The predicted molar refractivity (Wildman–Crippen MR) is 45.1 cm³/mol. The van der Waals surface area contributed by atoms with Crippen molar-refractivity contribution in [1.29, 1.82) is 5.41 Å². The third-order valence-corrected chi connectivity index (χ3v) is 1.65. The van der Waals surface area contributed by atoms with Crippen molar-refractivity contribution in [2.75, 3.05) is 0 Å². The lowest BCUT2D eigenvalue weighted by atomic mass is 10.1. The van der Waals surface area contributed by atoms with E-state index in [1.54, 1.807) is 13.8 Å². The molecular formula is C8H10N2O2. The summed E-state index contributed by atoms with van der Waals surface area (Å²) in [4.78, 5) is 10.9. The van der Waals surface area contributed by atoms with Gasteiger partial charge in [0.25, 0.3) is 5.56 Å². The Balaban J connectivity index is 3.43. The molecule has 0 saturated heterocycles. The van der Waals surface area contributed by atoms with Gasteiger partial charge in [0, 0.05) is 17.3 Å². The fraction of sp³-hybridized carbons (Fsp3) is 0.250. The van der Waals surface area contributed by atoms with E-state index in [2.05, 4.69) is 0 Å². The van der Waals surface area contributed by atoms with Crippen LogP contribution in [0.3, 0.4) is 0 Å². The lowest BCUT2D eigenvalue weighted by Crippen LogP contribution is -2.18. The number of hydrogen-bond acceptors (Lipinski definition) is 3. The summed E-state index contributed by atoms with van der Waals surface area (Å²) in [5, 5.41) is 16.3. The first-order valence-corrected chi connectivity index (χ1v) is 3.50. The predicted octanol–water partition coefficient (Wildman–Crippen LogP) is 0.782. The van der Waals surface area contributed by atoms with Crippen LogP contribution in [0.15, 0.2) is 17.1 Å². The van der Waals surface area contributed by atoms with Crippen LogP contribution in [-0.2, 0) is 0 Å². The highest BCUT2D eigenvalue weighted by molar-refractivity contribution is 5.97. The van der Waals surface area contributed by atoms with Gasteiger partial charge in [-0.05, 0) is 19.4 Å². The van der Waals surface area contributed by atoms with E-state index >= 15 is 0 Å². The monoisotopic (exact) mass is 166 g/mol. The molecule has 0 aromatic carbocycles. The van der Waals surface area contributed by atoms with Crippen LogP contribution in [0.4, 0.5) is 0 Å². The third-order valence-electron chi connectivity index (χ3n) is 1.65. The number of aryl methyl sites for hydroxylation is 1. The molecule has 1 heterocycles. The summed E-state index contributed by atoms with van der Waals surface area (Å²) in [6.45, 7) is 3.33. The Morgan fingerprint density at radius 1 is 1.67 bits per heavy atom. The second-order valence-electron chi connectivity index (χ2n) is 2.68. The smallest absolute Gasteiger partial charge is 0.283 e. The zero-order valence-electron chi connectivity index (χ0n) is 6.96. The van der Waals surface area contributed by atoms with Crippen LogP contribution >= 0.6 is 0 Å². The molecule has 1 aromatic rings. The number of aromatic nitrogens is 1. The highest BCUT2D eigenvalue weighted by Crippen LogP contribution is 2.03. The maximum atomic E-state index is 10.9. The molecule has 0 aliphatic rings. The first kappa shape index (κ1) is 8.52. The largest absolute Gasteiger partial charge is 0.425 e. The molecule has 2 N–H and O–H groups in total. The van der Waals surface area contributed by atoms with Crippen molar-refractivity contribution in [1.82, 2.24) is 4.73 Å². The fourth-order valence-corrected chi connectivity index (χ4v) is 1.01. The molecule has 12 heavy (non-hydrogen) atoms. The number of nitrogens with one attached hydrogen (secondary N) is 1. The topological polar surface area (TPSA) is 66.1 Å². The summed E-state index contributed by atoms with van der Waals surface area (Å²) in [7, 11) is 0. The maximum Gasteiger partial charge on any atom is 0.283 e. The van der Waals surface area contributed by atoms with Gasteiger partial charge in [-0.2, -0.15) is 4.73 Å². The average Bonchev–Trinajstić information content (AvgIpc) is 1.96. The minimum Gasteiger partial charge on any atom is -0.425 e. The van der Waals surface area contributed by atoms with Crippen LogP contribution in [0, 0.1) is 12.3 Å². The Hall–Kier alpha value is -1.58. The Labute approximate surface area is 69.6 Å². The maximum absolute atomic E-state index is 10.9. The van der Waals surface area contributed by atoms with E-state index in [1.807, 2.05) is 0 Å². The third kappa shape index (κ3) is 1.37. The molecule has 64 valence electrons. The lowest BCUT2D eigenvalue weighted by Gasteiger charge is -2.03. The molecular weight excluding hydrogens is 156 g/mol. The van der Waals surface area contributed by atoms with Crippen molar-refractivity contribution in [3.63, 3.8) is 0 Å². The second kappa shape index (κ2) is 2.81. The van der Waals surface area contributed by atoms with Gasteiger partial charge in [0.15, 0.2) is 0 Å². The molecule has 0 unspecified atom stereocenters. The van der Waals surface area contributed by atoms with Gasteiger partial charge in [-0.25, -0.2) is 0 Å². The van der Waals surface area contributed by atoms with E-state index < -0.39 is 5.56 Å². The molecule has 0 fully saturated rings. The van der Waals surface area contributed by atoms with Crippen molar-refractivity contribution in [2.24, 2.45) is 0 Å². The van der Waals surface area contributed by atoms with Crippen molar-refractivity contribution in [3.05, 3.63) is 33.7 Å². The van der Waals surface area contributed by atoms with Gasteiger partial charge in [-0.15, -0.1) is 0 Å². The van der Waals surface area contributed by atoms with Crippen LogP contribution in [0.5, 0.6) is 0 Å². The molecule has 1 aromatic heterocycles. The molecule has 0 spiro atoms. The highest BCUT2D eigenvalue weighted by atomic mass is 16.5. The SMILES string of the molecule is CC(=N)c1cn(O)c(=O)cc1C. The zero-order chi connectivity index (χ0) is 9.30. The van der Waals surface area contributed by atoms with E-state index in [0.29, 0.717) is 21.6 Å². The number of pyridine rings is 1. The molecule has 0 saturated carbocycles. The second-order valence-corrected chi connectivity index (χ2v) is 2.68. The molecule has 0 atom stereocenters. The van der Waals surface area contributed by atoms with Crippen LogP contribution < -0.4 is 5.56 Å². The van der Waals surface area contributed by atoms with Gasteiger partial charge < -0.3 is 10.6 Å². The van der Waals surface area contributed by atoms with Crippen LogP contribution in [0.2, 0.25) is 0 Å². The minimum atomic E-state index is -0.475. The molecule has 0 radical (unpaired) electrons. The molecule has 1 rings (SSSR count). The molecule has 4 heteroatoms. The van der Waals surface area contributed by atoms with E-state index in [9.17, 15) is 4.79 Å². The minimum absolute atomic E-state index is 0.329. The highest BCUT2D eigenvalue weighted by Gasteiger charge is 2.03. The van der Waals surface area contributed by atoms with Gasteiger partial charge >= 0.3 is 0 Å². The van der Waals surface area contributed by atoms with Crippen molar-refractivity contribution >= 4 is 5.71 Å². The zero-order valence-corrected chi connectivity index (χ0v) is 6.96. The summed E-state index contributed by atoms with van der Waals surface area (Å²) < 4.78 is 0.486. The Kier molecular flexibility index (Phi) is 1.99. The summed E-state index contributed by atoms with van der Waals surface area (Å²) in [6.07, 6.45) is 1.25. The number of nitrogens with zero attached hydrogens (tertiary/aromatic N) is 1. The van der Waals surface area contributed by atoms with Gasteiger partial charge in [0.2, 0.25) is 0 Å². The van der Waals surface area contributed by atoms with E-state index in [1.165, 1.54) is 12.3 Å². The first-order valence-electron chi connectivity index (χ1n) is 3.50. The number of rotatable bonds is 1. The lowest BCUT2D eigenvalue weighted by molar-refractivity contribution is 0.174. The Morgan fingerprint density at radius 3 is 2.75 bits per heavy atom. The Morgan fingerprint density at radius 2 is 2.25 bits per heavy atom. The summed E-state index contributed by atoms with van der Waals surface area (Å²) in [5.74, 6) is 0. The van der Waals surface area contributed by atoms with Crippen LogP contribution in [0.25, 0.3) is 0 Å². The molecule has 0 aliphatic carbocycles. The van der Waals surface area contributed by atoms with Gasteiger partial charge in [-0.3, -0.25) is 4.79 Å². The van der Waals surface area contributed by atoms with E-state index in [-0.39, 0.29) is 0 Å². The van der Waals surface area contributed by atoms with E-state index in [0.717, 1.165) is 0 Å². The van der Waals surface area contributed by atoms with Crippen LogP contribution in [0.1, 0.15) is 18.1 Å². The quantitative estimate of drug-likeness (QED) is 0.478. The number of hydrogen-bond donors (Lipinski definition) is 2. The average molecular weight is 166 g/mol.